The smallest absolute Gasteiger partial charge is 0.0443 e. The van der Waals surface area contributed by atoms with Crippen LogP contribution in [0.25, 0.3) is 0 Å². The molecule has 2 atom stereocenters. The van der Waals surface area contributed by atoms with Crippen LogP contribution in [0.5, 0.6) is 0 Å². The van der Waals surface area contributed by atoms with Crippen molar-refractivity contribution in [1.29, 1.82) is 0 Å². The van der Waals surface area contributed by atoms with Crippen LogP contribution in [0, 0.1) is 11.8 Å². The maximum Gasteiger partial charge on any atom is -0.0443 e. The molecule has 0 aliphatic carbocycles. The van der Waals surface area contributed by atoms with Crippen molar-refractivity contribution in [3.8, 4) is 0 Å². The minimum atomic E-state index is 0.957. The highest BCUT2D eigenvalue weighted by molar-refractivity contribution is 4.59. The van der Waals surface area contributed by atoms with Crippen molar-refractivity contribution in [2.75, 3.05) is 0 Å². The highest BCUT2D eigenvalue weighted by atomic mass is 14.1. The minimum Gasteiger partial charge on any atom is -0.0654 e. The van der Waals surface area contributed by atoms with E-state index >= 15 is 0 Å². The van der Waals surface area contributed by atoms with E-state index in [0.29, 0.717) is 0 Å². The van der Waals surface area contributed by atoms with Gasteiger partial charge in [-0.1, -0.05) is 105 Å². The predicted octanol–water partition coefficient (Wildman–Crippen LogP) is 6.98. The van der Waals surface area contributed by atoms with E-state index < -0.39 is 0 Å². The second kappa shape index (κ2) is 13.4. The van der Waals surface area contributed by atoms with Crippen molar-refractivity contribution in [1.82, 2.24) is 0 Å². The molecule has 0 N–H and O–H groups in total. The SMILES string of the molecule is CCCCCCCC(C)CCC(C)CCCCC. The monoisotopic (exact) mass is 254 g/mol. The molecule has 0 saturated carbocycles. The van der Waals surface area contributed by atoms with Crippen LogP contribution in [-0.4, -0.2) is 0 Å². The maximum absolute atomic E-state index is 2.46. The summed E-state index contributed by atoms with van der Waals surface area (Å²) in [6, 6.07) is 0. The van der Waals surface area contributed by atoms with Crippen molar-refractivity contribution < 1.29 is 0 Å². The number of hydrogen-bond donors (Lipinski definition) is 0. The lowest BCUT2D eigenvalue weighted by atomic mass is 9.91. The van der Waals surface area contributed by atoms with Gasteiger partial charge in [0, 0.05) is 0 Å². The highest BCUT2D eigenvalue weighted by Gasteiger charge is 2.06. The first kappa shape index (κ1) is 18.0. The van der Waals surface area contributed by atoms with Crippen molar-refractivity contribution in [3.05, 3.63) is 0 Å². The lowest BCUT2D eigenvalue weighted by Crippen LogP contribution is -2.01. The van der Waals surface area contributed by atoms with E-state index in [1.165, 1.54) is 77.0 Å². The summed E-state index contributed by atoms with van der Waals surface area (Å²) in [5.74, 6) is 1.92. The molecule has 0 heterocycles. The summed E-state index contributed by atoms with van der Waals surface area (Å²) >= 11 is 0. The Bertz CT molecular complexity index is 150. The minimum absolute atomic E-state index is 0.957. The standard InChI is InChI=1S/C18H38/c1-5-7-9-10-12-14-18(4)16-15-17(3)13-11-8-6-2/h17-18H,5-16H2,1-4H3. The number of unbranched alkanes of at least 4 members (excludes halogenated alkanes) is 6. The van der Waals surface area contributed by atoms with Crippen molar-refractivity contribution in [2.45, 2.75) is 105 Å². The first-order chi connectivity index (χ1) is 8.70. The van der Waals surface area contributed by atoms with Gasteiger partial charge in [0.2, 0.25) is 0 Å². The van der Waals surface area contributed by atoms with Crippen LogP contribution in [0.3, 0.4) is 0 Å². The molecule has 0 aromatic rings. The molecule has 0 aromatic heterocycles. The molecule has 0 bridgehead atoms. The van der Waals surface area contributed by atoms with E-state index in [4.69, 9.17) is 0 Å². The maximum atomic E-state index is 2.46. The Kier molecular flexibility index (Phi) is 13.4. The molecular formula is C18H38. The van der Waals surface area contributed by atoms with Gasteiger partial charge in [-0.3, -0.25) is 0 Å². The van der Waals surface area contributed by atoms with Crippen LogP contribution in [0.4, 0.5) is 0 Å². The van der Waals surface area contributed by atoms with Gasteiger partial charge in [-0.2, -0.15) is 0 Å². The van der Waals surface area contributed by atoms with Gasteiger partial charge in [-0.05, 0) is 11.8 Å². The van der Waals surface area contributed by atoms with Gasteiger partial charge in [0.05, 0.1) is 0 Å². The summed E-state index contributed by atoms with van der Waals surface area (Å²) in [6.07, 6.45) is 17.3. The van der Waals surface area contributed by atoms with Gasteiger partial charge in [0.15, 0.2) is 0 Å². The molecule has 0 aliphatic heterocycles. The van der Waals surface area contributed by atoms with Crippen LogP contribution in [0.15, 0.2) is 0 Å². The molecule has 0 aliphatic rings. The van der Waals surface area contributed by atoms with Gasteiger partial charge in [-0.15, -0.1) is 0 Å². The van der Waals surface area contributed by atoms with Gasteiger partial charge in [0.25, 0.3) is 0 Å². The molecule has 0 heteroatoms. The van der Waals surface area contributed by atoms with Crippen LogP contribution in [-0.2, 0) is 0 Å². The van der Waals surface area contributed by atoms with Crippen LogP contribution < -0.4 is 0 Å². The Morgan fingerprint density at radius 2 is 0.889 bits per heavy atom. The van der Waals surface area contributed by atoms with Crippen molar-refractivity contribution in [3.63, 3.8) is 0 Å². The van der Waals surface area contributed by atoms with Crippen LogP contribution in [0.2, 0.25) is 0 Å². The van der Waals surface area contributed by atoms with Crippen LogP contribution >= 0.6 is 0 Å². The van der Waals surface area contributed by atoms with Gasteiger partial charge in [-0.25, -0.2) is 0 Å². The molecule has 0 nitrogen and oxygen atoms in total. The van der Waals surface area contributed by atoms with Crippen molar-refractivity contribution >= 4 is 0 Å². The first-order valence-corrected chi connectivity index (χ1v) is 8.70. The van der Waals surface area contributed by atoms with Crippen molar-refractivity contribution in [2.24, 2.45) is 11.8 Å². The zero-order valence-corrected chi connectivity index (χ0v) is 13.6. The van der Waals surface area contributed by atoms with E-state index in [1.54, 1.807) is 0 Å². The molecule has 18 heavy (non-hydrogen) atoms. The third kappa shape index (κ3) is 12.5. The Labute approximate surface area is 117 Å². The molecular weight excluding hydrogens is 216 g/mol. The quantitative estimate of drug-likeness (QED) is 0.311. The Morgan fingerprint density at radius 3 is 1.39 bits per heavy atom. The average molecular weight is 255 g/mol. The largest absolute Gasteiger partial charge is 0.0654 e. The average Bonchev–Trinajstić information content (AvgIpc) is 2.36. The first-order valence-electron chi connectivity index (χ1n) is 8.70. The molecule has 0 amide bonds. The zero-order valence-electron chi connectivity index (χ0n) is 13.6. The van der Waals surface area contributed by atoms with Gasteiger partial charge < -0.3 is 0 Å². The van der Waals surface area contributed by atoms with E-state index in [0.717, 1.165) is 11.8 Å². The van der Waals surface area contributed by atoms with Gasteiger partial charge in [0.1, 0.15) is 0 Å². The second-order valence-corrected chi connectivity index (χ2v) is 6.49. The Hall–Kier alpha value is 0. The predicted molar refractivity (Wildman–Crippen MR) is 85.1 cm³/mol. The van der Waals surface area contributed by atoms with E-state index in [9.17, 15) is 0 Å². The van der Waals surface area contributed by atoms with Gasteiger partial charge >= 0.3 is 0 Å². The molecule has 0 fully saturated rings. The Morgan fingerprint density at radius 1 is 0.500 bits per heavy atom. The summed E-state index contributed by atoms with van der Waals surface area (Å²) in [5, 5.41) is 0. The van der Waals surface area contributed by atoms with E-state index in [1.807, 2.05) is 0 Å². The lowest BCUT2D eigenvalue weighted by molar-refractivity contribution is 0.379. The summed E-state index contributed by atoms with van der Waals surface area (Å²) in [4.78, 5) is 0. The Balaban J connectivity index is 3.31. The molecule has 110 valence electrons. The summed E-state index contributed by atoms with van der Waals surface area (Å²) in [6.45, 7) is 9.50. The third-order valence-electron chi connectivity index (χ3n) is 4.25. The van der Waals surface area contributed by atoms with E-state index in [2.05, 4.69) is 27.7 Å². The summed E-state index contributed by atoms with van der Waals surface area (Å²) in [7, 11) is 0. The topological polar surface area (TPSA) is 0 Å². The highest BCUT2D eigenvalue weighted by Crippen LogP contribution is 2.21. The molecule has 0 aromatic carbocycles. The van der Waals surface area contributed by atoms with Crippen LogP contribution in [0.1, 0.15) is 105 Å². The number of hydrogen-bond acceptors (Lipinski definition) is 0. The third-order valence-corrected chi connectivity index (χ3v) is 4.25. The van der Waals surface area contributed by atoms with E-state index in [-0.39, 0.29) is 0 Å². The molecule has 2 unspecified atom stereocenters. The number of rotatable bonds is 13. The fraction of sp³-hybridized carbons (Fsp3) is 1.00. The fourth-order valence-corrected chi connectivity index (χ4v) is 2.70. The molecule has 0 spiro atoms. The molecule has 0 saturated heterocycles. The second-order valence-electron chi connectivity index (χ2n) is 6.49. The fourth-order valence-electron chi connectivity index (χ4n) is 2.70. The zero-order chi connectivity index (χ0) is 13.6. The molecule has 0 rings (SSSR count). The summed E-state index contributed by atoms with van der Waals surface area (Å²) < 4.78 is 0. The normalized spacial score (nSPS) is 14.7. The lowest BCUT2D eigenvalue weighted by Gasteiger charge is -2.15. The molecule has 0 radical (unpaired) electrons. The summed E-state index contributed by atoms with van der Waals surface area (Å²) in [5.41, 5.74) is 0.